The van der Waals surface area contributed by atoms with Crippen LogP contribution in [0, 0.1) is 5.92 Å². The third-order valence-electron chi connectivity index (χ3n) is 3.99. The fourth-order valence-electron chi connectivity index (χ4n) is 2.44. The van der Waals surface area contributed by atoms with Crippen molar-refractivity contribution < 1.29 is 14.2 Å². The first-order chi connectivity index (χ1) is 10.2. The van der Waals surface area contributed by atoms with Crippen LogP contribution >= 0.6 is 0 Å². The van der Waals surface area contributed by atoms with Crippen molar-refractivity contribution in [3.8, 4) is 0 Å². The largest absolute Gasteiger partial charge is 0.379 e. The van der Waals surface area contributed by atoms with Crippen LogP contribution in [0.1, 0.15) is 33.1 Å². The van der Waals surface area contributed by atoms with E-state index in [9.17, 15) is 0 Å². The Morgan fingerprint density at radius 1 is 1.00 bits per heavy atom. The summed E-state index contributed by atoms with van der Waals surface area (Å²) in [5.74, 6) is 0.592. The summed E-state index contributed by atoms with van der Waals surface area (Å²) >= 11 is 0. The van der Waals surface area contributed by atoms with Crippen LogP contribution in [0.5, 0.6) is 0 Å². The predicted octanol–water partition coefficient (Wildman–Crippen LogP) is 1.51. The molecule has 0 amide bonds. The van der Waals surface area contributed by atoms with Crippen LogP contribution in [0.2, 0.25) is 0 Å². The molecule has 2 unspecified atom stereocenters. The summed E-state index contributed by atoms with van der Waals surface area (Å²) in [4.78, 5) is 2.44. The Kier molecular flexibility index (Phi) is 11.1. The molecule has 1 saturated heterocycles. The second kappa shape index (κ2) is 12.4. The van der Waals surface area contributed by atoms with Gasteiger partial charge in [-0.05, 0) is 25.3 Å². The van der Waals surface area contributed by atoms with Gasteiger partial charge in [0, 0.05) is 25.7 Å². The van der Waals surface area contributed by atoms with Crippen molar-refractivity contribution in [2.45, 2.75) is 39.2 Å². The number of nitrogens with zero attached hydrogens (tertiary/aromatic N) is 1. The average molecular weight is 302 g/mol. The number of hydrogen-bond donors (Lipinski definition) is 1. The summed E-state index contributed by atoms with van der Waals surface area (Å²) in [5.41, 5.74) is 6.02. The summed E-state index contributed by atoms with van der Waals surface area (Å²) in [6.07, 6.45) is 3.40. The lowest BCUT2D eigenvalue weighted by molar-refractivity contribution is 0.00792. The number of ether oxygens (including phenoxy) is 3. The molecule has 1 heterocycles. The normalized spacial score (nSPS) is 23.6. The maximum absolute atomic E-state index is 6.02. The number of hydrogen-bond acceptors (Lipinski definition) is 5. The molecule has 1 aliphatic rings. The van der Waals surface area contributed by atoms with Gasteiger partial charge in [0.15, 0.2) is 0 Å². The minimum absolute atomic E-state index is 0.370. The molecule has 0 radical (unpaired) electrons. The Hall–Kier alpha value is -0.200. The zero-order valence-corrected chi connectivity index (χ0v) is 13.9. The summed E-state index contributed by atoms with van der Waals surface area (Å²) in [5, 5.41) is 0. The number of rotatable bonds is 12. The highest BCUT2D eigenvalue weighted by atomic mass is 16.5. The van der Waals surface area contributed by atoms with E-state index < -0.39 is 0 Å². The SMILES string of the molecule is CCCCOCCOCCOCCN1CCC(N)C(C)C1. The van der Waals surface area contributed by atoms with Crippen LogP contribution in [-0.2, 0) is 14.2 Å². The van der Waals surface area contributed by atoms with Crippen molar-refractivity contribution in [3.05, 3.63) is 0 Å². The Balaban J connectivity index is 1.80. The van der Waals surface area contributed by atoms with E-state index in [4.69, 9.17) is 19.9 Å². The number of piperidine rings is 1. The molecule has 1 aliphatic heterocycles. The number of unbranched alkanes of at least 4 members (excludes halogenated alkanes) is 1. The third kappa shape index (κ3) is 9.42. The molecule has 21 heavy (non-hydrogen) atoms. The molecular weight excluding hydrogens is 268 g/mol. The lowest BCUT2D eigenvalue weighted by atomic mass is 9.95. The maximum Gasteiger partial charge on any atom is 0.0701 e. The van der Waals surface area contributed by atoms with E-state index in [-0.39, 0.29) is 0 Å². The van der Waals surface area contributed by atoms with Crippen LogP contribution in [0.4, 0.5) is 0 Å². The molecule has 0 spiro atoms. The van der Waals surface area contributed by atoms with E-state index in [2.05, 4.69) is 18.7 Å². The van der Waals surface area contributed by atoms with Gasteiger partial charge in [0.1, 0.15) is 0 Å². The van der Waals surface area contributed by atoms with Crippen molar-refractivity contribution in [2.75, 3.05) is 59.3 Å². The highest BCUT2D eigenvalue weighted by Crippen LogP contribution is 2.14. The molecule has 126 valence electrons. The standard InChI is InChI=1S/C16H34N2O3/c1-3-4-8-19-10-12-21-13-11-20-9-7-18-6-5-16(17)15(2)14-18/h15-16H,3-14,17H2,1-2H3. The molecule has 1 rings (SSSR count). The van der Waals surface area contributed by atoms with Gasteiger partial charge >= 0.3 is 0 Å². The van der Waals surface area contributed by atoms with Crippen LogP contribution in [0.25, 0.3) is 0 Å². The number of likely N-dealkylation sites (tertiary alicyclic amines) is 1. The molecule has 0 saturated carbocycles. The molecule has 5 heteroatoms. The summed E-state index contributed by atoms with van der Waals surface area (Å²) in [6, 6.07) is 0.370. The second-order valence-corrected chi connectivity index (χ2v) is 5.92. The predicted molar refractivity (Wildman–Crippen MR) is 85.6 cm³/mol. The first kappa shape index (κ1) is 18.8. The minimum Gasteiger partial charge on any atom is -0.379 e. The van der Waals surface area contributed by atoms with Crippen molar-refractivity contribution in [1.29, 1.82) is 0 Å². The van der Waals surface area contributed by atoms with Crippen molar-refractivity contribution in [1.82, 2.24) is 4.90 Å². The lowest BCUT2D eigenvalue weighted by Gasteiger charge is -2.34. The second-order valence-electron chi connectivity index (χ2n) is 5.92. The Morgan fingerprint density at radius 3 is 2.24 bits per heavy atom. The van der Waals surface area contributed by atoms with Gasteiger partial charge in [-0.3, -0.25) is 0 Å². The van der Waals surface area contributed by atoms with E-state index in [0.29, 0.717) is 38.4 Å². The summed E-state index contributed by atoms with van der Waals surface area (Å²) in [7, 11) is 0. The van der Waals surface area contributed by atoms with Gasteiger partial charge in [-0.1, -0.05) is 20.3 Å². The van der Waals surface area contributed by atoms with E-state index in [1.165, 1.54) is 6.42 Å². The molecule has 0 aromatic carbocycles. The fourth-order valence-corrected chi connectivity index (χ4v) is 2.44. The Morgan fingerprint density at radius 2 is 1.62 bits per heavy atom. The van der Waals surface area contributed by atoms with Crippen LogP contribution in [0.15, 0.2) is 0 Å². The van der Waals surface area contributed by atoms with Crippen LogP contribution in [0.3, 0.4) is 0 Å². The quantitative estimate of drug-likeness (QED) is 0.554. The van der Waals surface area contributed by atoms with Gasteiger partial charge in [0.05, 0.1) is 33.0 Å². The van der Waals surface area contributed by atoms with Gasteiger partial charge < -0.3 is 24.8 Å². The monoisotopic (exact) mass is 302 g/mol. The Labute approximate surface area is 130 Å². The molecule has 2 atom stereocenters. The van der Waals surface area contributed by atoms with Gasteiger partial charge in [0.2, 0.25) is 0 Å². The molecule has 0 aliphatic carbocycles. The lowest BCUT2D eigenvalue weighted by Crippen LogP contribution is -2.46. The third-order valence-corrected chi connectivity index (χ3v) is 3.99. The molecule has 0 aromatic rings. The molecule has 0 bridgehead atoms. The van der Waals surface area contributed by atoms with Gasteiger partial charge in [-0.15, -0.1) is 0 Å². The first-order valence-electron chi connectivity index (χ1n) is 8.45. The zero-order chi connectivity index (χ0) is 15.3. The molecular formula is C16H34N2O3. The van der Waals surface area contributed by atoms with E-state index in [0.717, 1.165) is 45.7 Å². The summed E-state index contributed by atoms with van der Waals surface area (Å²) in [6.45, 7) is 11.9. The molecule has 5 nitrogen and oxygen atoms in total. The molecule has 1 fully saturated rings. The topological polar surface area (TPSA) is 57.0 Å². The Bertz CT molecular complexity index is 242. The zero-order valence-electron chi connectivity index (χ0n) is 13.9. The molecule has 2 N–H and O–H groups in total. The minimum atomic E-state index is 0.370. The van der Waals surface area contributed by atoms with Crippen LogP contribution in [-0.4, -0.2) is 70.2 Å². The van der Waals surface area contributed by atoms with Crippen molar-refractivity contribution in [2.24, 2.45) is 11.7 Å². The van der Waals surface area contributed by atoms with Crippen molar-refractivity contribution >= 4 is 0 Å². The number of nitrogens with two attached hydrogens (primary N) is 1. The fraction of sp³-hybridized carbons (Fsp3) is 1.00. The summed E-state index contributed by atoms with van der Waals surface area (Å²) < 4.78 is 16.5. The van der Waals surface area contributed by atoms with Crippen LogP contribution < -0.4 is 5.73 Å². The van der Waals surface area contributed by atoms with Gasteiger partial charge in [-0.2, -0.15) is 0 Å². The highest BCUT2D eigenvalue weighted by molar-refractivity contribution is 4.79. The van der Waals surface area contributed by atoms with Gasteiger partial charge in [0.25, 0.3) is 0 Å². The molecule has 0 aromatic heterocycles. The van der Waals surface area contributed by atoms with E-state index >= 15 is 0 Å². The first-order valence-corrected chi connectivity index (χ1v) is 8.45. The van der Waals surface area contributed by atoms with Gasteiger partial charge in [-0.25, -0.2) is 0 Å². The highest BCUT2D eigenvalue weighted by Gasteiger charge is 2.22. The van der Waals surface area contributed by atoms with E-state index in [1.54, 1.807) is 0 Å². The average Bonchev–Trinajstić information content (AvgIpc) is 2.48. The van der Waals surface area contributed by atoms with E-state index in [1.807, 2.05) is 0 Å². The maximum atomic E-state index is 6.02. The van der Waals surface area contributed by atoms with Crippen molar-refractivity contribution in [3.63, 3.8) is 0 Å². The smallest absolute Gasteiger partial charge is 0.0701 e.